The fourth-order valence-electron chi connectivity index (χ4n) is 1.29. The zero-order chi connectivity index (χ0) is 15.4. The van der Waals surface area contributed by atoms with Crippen LogP contribution in [0.15, 0.2) is 12.1 Å². The number of urea groups is 1. The number of hydrogen-bond acceptors (Lipinski definition) is 6. The highest BCUT2D eigenvalue weighted by Crippen LogP contribution is 2.31. The molecule has 0 spiro atoms. The molecule has 0 unspecified atom stereocenters. The van der Waals surface area contributed by atoms with Crippen LogP contribution in [0.4, 0.5) is 20.6 Å². The molecule has 0 aliphatic heterocycles. The van der Waals surface area contributed by atoms with Crippen LogP contribution in [0.25, 0.3) is 0 Å². The molecule has 0 aliphatic carbocycles. The quantitative estimate of drug-likeness (QED) is 0.238. The first-order chi connectivity index (χ1) is 9.23. The summed E-state index contributed by atoms with van der Waals surface area (Å²) in [6.07, 6.45) is 0. The average molecular weight is 286 g/mol. The summed E-state index contributed by atoms with van der Waals surface area (Å²) in [5, 5.41) is 1.31. The Kier molecular flexibility index (Phi) is 4.67. The lowest BCUT2D eigenvalue weighted by Crippen LogP contribution is -2.48. The third kappa shape index (κ3) is 3.46. The Morgan fingerprint density at radius 3 is 2.45 bits per heavy atom. The Bertz CT molecular complexity index is 536. The minimum absolute atomic E-state index is 0.0625. The van der Waals surface area contributed by atoms with Crippen LogP contribution in [0.5, 0.6) is 5.75 Å². The Labute approximate surface area is 113 Å². The van der Waals surface area contributed by atoms with Gasteiger partial charge in [0, 0.05) is 13.1 Å². The van der Waals surface area contributed by atoms with Crippen LogP contribution in [0, 0.1) is 5.82 Å². The van der Waals surface area contributed by atoms with Gasteiger partial charge in [-0.3, -0.25) is 9.80 Å². The van der Waals surface area contributed by atoms with E-state index in [1.807, 2.05) is 0 Å². The van der Waals surface area contributed by atoms with Gasteiger partial charge in [0.05, 0.1) is 5.69 Å². The number of hydrazine groups is 2. The number of hydrogen-bond donors (Lipinski definition) is 4. The van der Waals surface area contributed by atoms with Gasteiger partial charge in [0.15, 0.2) is 6.61 Å². The molecule has 0 saturated carbocycles. The van der Waals surface area contributed by atoms with E-state index in [1.54, 1.807) is 0 Å². The third-order valence-electron chi connectivity index (χ3n) is 2.22. The second kappa shape index (κ2) is 6.04. The van der Waals surface area contributed by atoms with Gasteiger partial charge in [-0.15, -0.1) is 0 Å². The van der Waals surface area contributed by atoms with Crippen LogP contribution in [0.2, 0.25) is 0 Å². The zero-order valence-corrected chi connectivity index (χ0v) is 10.7. The summed E-state index contributed by atoms with van der Waals surface area (Å²) in [6.45, 7) is -0.517. The molecule has 0 bridgehead atoms. The Hall–Kier alpha value is -2.59. The summed E-state index contributed by atoms with van der Waals surface area (Å²) in [4.78, 5) is 22.3. The minimum Gasteiger partial charge on any atom is -0.481 e. The second-order valence-corrected chi connectivity index (χ2v) is 3.86. The van der Waals surface area contributed by atoms with Gasteiger partial charge in [-0.1, -0.05) is 0 Å². The highest BCUT2D eigenvalue weighted by molar-refractivity contribution is 5.92. The van der Waals surface area contributed by atoms with Gasteiger partial charge in [0.25, 0.3) is 5.91 Å². The molecule has 0 atom stereocenters. The van der Waals surface area contributed by atoms with Crippen molar-refractivity contribution < 1.29 is 18.7 Å². The van der Waals surface area contributed by atoms with Crippen molar-refractivity contribution in [3.63, 3.8) is 0 Å². The van der Waals surface area contributed by atoms with Crippen LogP contribution >= 0.6 is 0 Å². The van der Waals surface area contributed by atoms with Crippen LogP contribution in [0.1, 0.15) is 0 Å². The lowest BCUT2D eigenvalue weighted by atomic mass is 10.2. The number of ether oxygens (including phenoxy) is 1. The normalized spacial score (nSPS) is 10.0. The number of anilines is 2. The van der Waals surface area contributed by atoms with Crippen molar-refractivity contribution >= 4 is 23.3 Å². The largest absolute Gasteiger partial charge is 0.481 e. The fourth-order valence-corrected chi connectivity index (χ4v) is 1.29. The second-order valence-electron chi connectivity index (χ2n) is 3.86. The number of rotatable bonds is 4. The molecule has 3 amide bonds. The van der Waals surface area contributed by atoms with Crippen molar-refractivity contribution in [3.8, 4) is 5.75 Å². The van der Waals surface area contributed by atoms with Gasteiger partial charge in [-0.05, 0) is 6.07 Å². The van der Waals surface area contributed by atoms with Gasteiger partial charge >= 0.3 is 6.03 Å². The molecule has 1 rings (SSSR count). The number of benzene rings is 1. The monoisotopic (exact) mass is 286 g/mol. The highest BCUT2D eigenvalue weighted by atomic mass is 19.1. The van der Waals surface area contributed by atoms with Crippen LogP contribution in [0.3, 0.4) is 0 Å². The third-order valence-corrected chi connectivity index (χ3v) is 2.22. The van der Waals surface area contributed by atoms with Crippen LogP contribution in [-0.4, -0.2) is 30.6 Å². The molecular formula is C10H15FN6O3. The van der Waals surface area contributed by atoms with E-state index in [1.165, 1.54) is 7.05 Å². The fraction of sp³-hybridized carbons (Fsp3) is 0.200. The van der Waals surface area contributed by atoms with Crippen molar-refractivity contribution in [3.05, 3.63) is 17.9 Å². The maximum Gasteiger partial charge on any atom is 0.352 e. The lowest BCUT2D eigenvalue weighted by Gasteiger charge is -2.23. The highest BCUT2D eigenvalue weighted by Gasteiger charge is 2.21. The first-order valence-electron chi connectivity index (χ1n) is 5.31. The van der Waals surface area contributed by atoms with Crippen LogP contribution < -0.4 is 32.9 Å². The predicted octanol–water partition coefficient (Wildman–Crippen LogP) is -1.12. The van der Waals surface area contributed by atoms with Gasteiger partial charge in [0.2, 0.25) is 0 Å². The van der Waals surface area contributed by atoms with Crippen molar-refractivity contribution in [1.29, 1.82) is 0 Å². The predicted molar refractivity (Wildman–Crippen MR) is 69.5 cm³/mol. The number of carbonyl (C=O) groups excluding carboxylic acids is 2. The number of carbonyl (C=O) groups is 2. The Balaban J connectivity index is 3.18. The first kappa shape index (κ1) is 15.5. The molecule has 0 fully saturated rings. The maximum absolute atomic E-state index is 13.4. The molecule has 0 aliphatic rings. The number of nitrogens with zero attached hydrogens (tertiary/aromatic N) is 2. The van der Waals surface area contributed by atoms with E-state index in [-0.39, 0.29) is 17.1 Å². The van der Waals surface area contributed by atoms with E-state index in [0.717, 1.165) is 12.1 Å². The molecule has 10 heteroatoms. The first-order valence-corrected chi connectivity index (χ1v) is 5.31. The summed E-state index contributed by atoms with van der Waals surface area (Å²) in [7, 11) is 1.26. The number of nitrogen functional groups attached to an aromatic ring is 1. The summed E-state index contributed by atoms with van der Waals surface area (Å²) >= 11 is 0. The van der Waals surface area contributed by atoms with Gasteiger partial charge < -0.3 is 16.2 Å². The summed E-state index contributed by atoms with van der Waals surface area (Å²) in [6, 6.07) is 1.16. The minimum atomic E-state index is -0.806. The molecule has 0 radical (unpaired) electrons. The van der Waals surface area contributed by atoms with Gasteiger partial charge in [-0.2, -0.15) is 0 Å². The number of nitrogens with two attached hydrogens (primary N) is 4. The molecule has 0 heterocycles. The van der Waals surface area contributed by atoms with E-state index in [0.29, 0.717) is 10.0 Å². The summed E-state index contributed by atoms with van der Waals surface area (Å²) in [5.41, 5.74) is 10.0. The standard InChI is InChI=1S/C10H15FN6O3/c1-16(14)10(19)17(15)7-3-6(12)5(11)2-8(7)20-4-9(13)18/h2-3H,4,12,14-15H2,1H3,(H2,13,18). The van der Waals surface area contributed by atoms with E-state index in [2.05, 4.69) is 0 Å². The van der Waals surface area contributed by atoms with E-state index < -0.39 is 24.4 Å². The summed E-state index contributed by atoms with van der Waals surface area (Å²) in [5.74, 6) is 9.06. The molecule has 9 nitrogen and oxygen atoms in total. The molecule has 1 aromatic carbocycles. The molecule has 0 aromatic heterocycles. The van der Waals surface area contributed by atoms with Crippen LogP contribution in [-0.2, 0) is 4.79 Å². The van der Waals surface area contributed by atoms with E-state index in [9.17, 15) is 14.0 Å². The molecular weight excluding hydrogens is 271 g/mol. The SMILES string of the molecule is CN(N)C(=O)N(N)c1cc(N)c(F)cc1OCC(N)=O. The molecule has 8 N–H and O–H groups in total. The Morgan fingerprint density at radius 1 is 1.35 bits per heavy atom. The topological polar surface area (TPSA) is 154 Å². The van der Waals surface area contributed by atoms with Crippen molar-refractivity contribution in [2.75, 3.05) is 24.4 Å². The maximum atomic E-state index is 13.4. The molecule has 1 aromatic rings. The number of primary amides is 1. The molecule has 0 saturated heterocycles. The average Bonchev–Trinajstić information content (AvgIpc) is 2.37. The van der Waals surface area contributed by atoms with Gasteiger partial charge in [-0.25, -0.2) is 25.9 Å². The van der Waals surface area contributed by atoms with Crippen molar-refractivity contribution in [2.45, 2.75) is 0 Å². The smallest absolute Gasteiger partial charge is 0.352 e. The zero-order valence-electron chi connectivity index (χ0n) is 10.7. The van der Waals surface area contributed by atoms with Crippen molar-refractivity contribution in [1.82, 2.24) is 5.01 Å². The number of halogens is 1. The number of amides is 3. The van der Waals surface area contributed by atoms with E-state index in [4.69, 9.17) is 27.9 Å². The Morgan fingerprint density at radius 2 is 1.95 bits per heavy atom. The van der Waals surface area contributed by atoms with Crippen molar-refractivity contribution in [2.24, 2.45) is 17.4 Å². The lowest BCUT2D eigenvalue weighted by molar-refractivity contribution is -0.119. The van der Waals surface area contributed by atoms with E-state index >= 15 is 0 Å². The molecule has 20 heavy (non-hydrogen) atoms. The summed E-state index contributed by atoms with van der Waals surface area (Å²) < 4.78 is 18.4. The van der Waals surface area contributed by atoms with Gasteiger partial charge in [0.1, 0.15) is 17.3 Å². The molecule has 110 valence electrons.